The predicted molar refractivity (Wildman–Crippen MR) is 63.0 cm³/mol. The number of nitrogens with zero attached hydrogens (tertiary/aromatic N) is 3. The van der Waals surface area contributed by atoms with Crippen molar-refractivity contribution < 1.29 is 18.7 Å². The van der Waals surface area contributed by atoms with Crippen molar-refractivity contribution >= 4 is 11.7 Å². The van der Waals surface area contributed by atoms with E-state index < -0.39 is 30.9 Å². The smallest absolute Gasteiger partial charge is 0.269 e. The molecule has 0 aliphatic carbocycles. The van der Waals surface area contributed by atoms with E-state index in [1.54, 1.807) is 0 Å². The van der Waals surface area contributed by atoms with Gasteiger partial charge < -0.3 is 15.7 Å². The number of anilines is 1. The van der Waals surface area contributed by atoms with E-state index in [0.29, 0.717) is 0 Å². The molecule has 0 spiro atoms. The van der Waals surface area contributed by atoms with E-state index in [1.807, 2.05) is 0 Å². The molecule has 2 rings (SSSR count). The highest BCUT2D eigenvalue weighted by Crippen LogP contribution is 2.29. The third-order valence-electron chi connectivity index (χ3n) is 3.01. The molecule has 6 nitrogen and oxygen atoms in total. The fraction of sp³-hybridized carbons (Fsp3) is 0.636. The van der Waals surface area contributed by atoms with Crippen molar-refractivity contribution in [2.24, 2.45) is 12.8 Å². The highest BCUT2D eigenvalue weighted by atomic mass is 19.3. The maximum Gasteiger partial charge on any atom is 0.269 e. The van der Waals surface area contributed by atoms with E-state index in [-0.39, 0.29) is 24.5 Å². The summed E-state index contributed by atoms with van der Waals surface area (Å²) in [6.45, 7) is -0.302. The molecule has 1 radical (unpaired) electrons. The summed E-state index contributed by atoms with van der Waals surface area (Å²) in [5.41, 5.74) is 4.99. The first-order valence-corrected chi connectivity index (χ1v) is 5.85. The minimum Gasteiger partial charge on any atom is -0.393 e. The van der Waals surface area contributed by atoms with Crippen LogP contribution in [0.4, 0.5) is 14.6 Å². The Kier molecular flexibility index (Phi) is 3.44. The van der Waals surface area contributed by atoms with E-state index in [0.717, 1.165) is 0 Å². The van der Waals surface area contributed by atoms with Crippen LogP contribution >= 0.6 is 0 Å². The van der Waals surface area contributed by atoms with Gasteiger partial charge in [0, 0.05) is 20.0 Å². The second-order valence-corrected chi connectivity index (χ2v) is 4.71. The third-order valence-corrected chi connectivity index (χ3v) is 3.01. The van der Waals surface area contributed by atoms with E-state index >= 15 is 0 Å². The number of aliphatic hydroxyl groups excluding tert-OH is 1. The average molecular weight is 273 g/mol. The molecule has 1 unspecified atom stereocenters. The van der Waals surface area contributed by atoms with Crippen molar-refractivity contribution in [1.29, 1.82) is 0 Å². The van der Waals surface area contributed by atoms with Crippen molar-refractivity contribution in [3.8, 4) is 0 Å². The summed E-state index contributed by atoms with van der Waals surface area (Å²) in [5.74, 6) is -3.49. The lowest BCUT2D eigenvalue weighted by Gasteiger charge is -2.25. The van der Waals surface area contributed by atoms with Crippen LogP contribution in [0.15, 0.2) is 0 Å². The number of aryl methyl sites for hydroxylation is 1. The van der Waals surface area contributed by atoms with Crippen molar-refractivity contribution in [3.63, 3.8) is 0 Å². The van der Waals surface area contributed by atoms with Gasteiger partial charge in [-0.05, 0) is 6.42 Å². The number of carbonyl (C=O) groups excluding carboxylic acids is 1. The van der Waals surface area contributed by atoms with Gasteiger partial charge in [-0.25, -0.2) is 8.78 Å². The number of hydrogen-bond donors (Lipinski definition) is 2. The molecule has 8 heteroatoms. The summed E-state index contributed by atoms with van der Waals surface area (Å²) in [6.07, 6.45) is -1.38. The highest BCUT2D eigenvalue weighted by molar-refractivity contribution is 5.91. The first-order chi connectivity index (χ1) is 8.78. The van der Waals surface area contributed by atoms with Gasteiger partial charge in [-0.1, -0.05) is 0 Å². The minimum atomic E-state index is -3.00. The summed E-state index contributed by atoms with van der Waals surface area (Å²) in [4.78, 5) is 12.4. The van der Waals surface area contributed by atoms with Gasteiger partial charge in [-0.15, -0.1) is 0 Å². The van der Waals surface area contributed by atoms with Gasteiger partial charge in [0.25, 0.3) is 11.8 Å². The second kappa shape index (κ2) is 4.76. The van der Waals surface area contributed by atoms with Crippen molar-refractivity contribution in [2.75, 3.05) is 18.0 Å². The minimum absolute atomic E-state index is 0.0920. The number of rotatable bonds is 2. The summed E-state index contributed by atoms with van der Waals surface area (Å²) in [5, 5.41) is 13.3. The molecule has 1 aliphatic rings. The van der Waals surface area contributed by atoms with E-state index in [1.165, 1.54) is 16.6 Å². The number of carbonyl (C=O) groups is 1. The Bertz CT molecular complexity index is 489. The molecule has 1 aromatic heterocycles. The molecule has 1 aliphatic heterocycles. The lowest BCUT2D eigenvalue weighted by Crippen LogP contribution is -2.36. The van der Waals surface area contributed by atoms with Gasteiger partial charge in [-0.2, -0.15) is 5.10 Å². The fourth-order valence-corrected chi connectivity index (χ4v) is 2.16. The van der Waals surface area contributed by atoms with Crippen LogP contribution in [-0.4, -0.2) is 45.9 Å². The molecular weight excluding hydrogens is 258 g/mol. The molecule has 19 heavy (non-hydrogen) atoms. The molecule has 1 saturated heterocycles. The summed E-state index contributed by atoms with van der Waals surface area (Å²) in [6, 6.07) is 2.62. The molecule has 2 heterocycles. The number of alkyl halides is 2. The SMILES string of the molecule is Cn1nc(C(N)=O)[c]c1N1CCC(O)CC(F)(F)C1. The number of hydrogen-bond acceptors (Lipinski definition) is 4. The number of halogens is 2. The number of nitrogens with two attached hydrogens (primary N) is 1. The molecule has 0 saturated carbocycles. The standard InChI is InChI=1S/C11H15F2N4O2/c1-16-9(4-8(15-16)10(14)19)17-3-2-7(18)5-11(12,13)6-17/h7,18H,2-3,5-6H2,1H3,(H2,14,19). The first-order valence-electron chi connectivity index (χ1n) is 5.85. The number of amides is 1. The Balaban J connectivity index is 2.27. The van der Waals surface area contributed by atoms with Gasteiger partial charge in [-0.3, -0.25) is 9.48 Å². The molecule has 1 aromatic rings. The number of aromatic nitrogens is 2. The van der Waals surface area contributed by atoms with Gasteiger partial charge in [0.15, 0.2) is 5.69 Å². The Morgan fingerprint density at radius 3 is 2.89 bits per heavy atom. The largest absolute Gasteiger partial charge is 0.393 e. The van der Waals surface area contributed by atoms with Gasteiger partial charge in [0.2, 0.25) is 0 Å². The summed E-state index contributed by atoms with van der Waals surface area (Å²) < 4.78 is 28.5. The zero-order valence-electron chi connectivity index (χ0n) is 10.4. The van der Waals surface area contributed by atoms with Crippen LogP contribution in [0.2, 0.25) is 0 Å². The molecular formula is C11H15F2N4O2. The molecule has 0 bridgehead atoms. The Morgan fingerprint density at radius 1 is 1.63 bits per heavy atom. The number of aliphatic hydroxyl groups is 1. The Morgan fingerprint density at radius 2 is 2.32 bits per heavy atom. The molecule has 1 fully saturated rings. The molecule has 1 atom stereocenters. The zero-order chi connectivity index (χ0) is 14.2. The van der Waals surface area contributed by atoms with Crippen LogP contribution in [-0.2, 0) is 7.05 Å². The van der Waals surface area contributed by atoms with Crippen LogP contribution in [0, 0.1) is 6.07 Å². The van der Waals surface area contributed by atoms with Crippen LogP contribution in [0.5, 0.6) is 0 Å². The third kappa shape index (κ3) is 3.01. The highest BCUT2D eigenvalue weighted by Gasteiger charge is 2.38. The molecule has 1 amide bonds. The van der Waals surface area contributed by atoms with Crippen LogP contribution < -0.4 is 10.6 Å². The van der Waals surface area contributed by atoms with Crippen molar-refractivity contribution in [2.45, 2.75) is 24.9 Å². The van der Waals surface area contributed by atoms with E-state index in [9.17, 15) is 18.7 Å². The summed E-state index contributed by atoms with van der Waals surface area (Å²) >= 11 is 0. The van der Waals surface area contributed by atoms with E-state index in [2.05, 4.69) is 11.2 Å². The van der Waals surface area contributed by atoms with E-state index in [4.69, 9.17) is 5.73 Å². The predicted octanol–water partition coefficient (Wildman–Crippen LogP) is -0.0844. The van der Waals surface area contributed by atoms with Crippen molar-refractivity contribution in [1.82, 2.24) is 9.78 Å². The Labute approximate surface area is 108 Å². The topological polar surface area (TPSA) is 84.4 Å². The van der Waals surface area contributed by atoms with Crippen molar-refractivity contribution in [3.05, 3.63) is 11.8 Å². The van der Waals surface area contributed by atoms with Gasteiger partial charge in [0.1, 0.15) is 5.82 Å². The average Bonchev–Trinajstić information content (AvgIpc) is 2.59. The van der Waals surface area contributed by atoms with Gasteiger partial charge in [0.05, 0.1) is 18.7 Å². The quantitative estimate of drug-likeness (QED) is 0.789. The molecule has 0 aromatic carbocycles. The monoisotopic (exact) mass is 273 g/mol. The van der Waals surface area contributed by atoms with Crippen LogP contribution in [0.25, 0.3) is 0 Å². The lowest BCUT2D eigenvalue weighted by molar-refractivity contribution is -0.0294. The molecule has 105 valence electrons. The van der Waals surface area contributed by atoms with Gasteiger partial charge >= 0.3 is 0 Å². The summed E-state index contributed by atoms with van der Waals surface area (Å²) in [7, 11) is 1.53. The zero-order valence-corrected chi connectivity index (χ0v) is 10.4. The second-order valence-electron chi connectivity index (χ2n) is 4.71. The van der Waals surface area contributed by atoms with Crippen LogP contribution in [0.1, 0.15) is 23.3 Å². The maximum absolute atomic E-state index is 13.6. The molecule has 3 N–H and O–H groups in total. The maximum atomic E-state index is 13.6. The van der Waals surface area contributed by atoms with Crippen LogP contribution in [0.3, 0.4) is 0 Å². The number of primary amides is 1. The lowest BCUT2D eigenvalue weighted by atomic mass is 10.1. The first kappa shape index (κ1) is 13.7. The normalized spacial score (nSPS) is 23.2. The Hall–Kier alpha value is -1.70. The fourth-order valence-electron chi connectivity index (χ4n) is 2.16.